The summed E-state index contributed by atoms with van der Waals surface area (Å²) < 4.78 is 31.3. The van der Waals surface area contributed by atoms with Gasteiger partial charge in [0.25, 0.3) is 0 Å². The molecule has 3 rings (SSSR count). The quantitative estimate of drug-likeness (QED) is 0.802. The number of esters is 1. The molecule has 2 N–H and O–H groups in total. The first kappa shape index (κ1) is 17.0. The number of benzene rings is 1. The number of nitrogens with zero attached hydrogens (tertiary/aromatic N) is 3. The average molecular weight is 349 g/mol. The summed E-state index contributed by atoms with van der Waals surface area (Å²) in [6.07, 6.45) is 4.19. The molecule has 1 aromatic carbocycles. The van der Waals surface area contributed by atoms with Gasteiger partial charge >= 0.3 is 5.97 Å². The second-order valence-electron chi connectivity index (χ2n) is 5.71. The number of ether oxygens (including phenoxy) is 1. The summed E-state index contributed by atoms with van der Waals surface area (Å²) in [7, 11) is 1.21. The highest BCUT2D eigenvalue weighted by Crippen LogP contribution is 2.22. The van der Waals surface area contributed by atoms with Crippen molar-refractivity contribution in [2.45, 2.75) is 31.7 Å². The van der Waals surface area contributed by atoms with Gasteiger partial charge in [0, 0.05) is 17.8 Å². The topological polar surface area (TPSA) is 89.0 Å². The lowest BCUT2D eigenvalue weighted by atomic mass is 10.2. The van der Waals surface area contributed by atoms with Crippen LogP contribution in [0.4, 0.5) is 26.4 Å². The molecular formula is C16H17F2N5O2. The van der Waals surface area contributed by atoms with E-state index in [9.17, 15) is 13.6 Å². The van der Waals surface area contributed by atoms with Crippen LogP contribution in [0, 0.1) is 11.6 Å². The third-order valence-corrected chi connectivity index (χ3v) is 3.81. The lowest BCUT2D eigenvalue weighted by Crippen LogP contribution is -2.20. The minimum Gasteiger partial charge on any atom is -0.463 e. The monoisotopic (exact) mass is 349 g/mol. The van der Waals surface area contributed by atoms with E-state index in [1.54, 1.807) is 0 Å². The molecule has 1 aliphatic rings. The van der Waals surface area contributed by atoms with E-state index >= 15 is 0 Å². The van der Waals surface area contributed by atoms with Crippen molar-refractivity contribution in [2.24, 2.45) is 0 Å². The molecule has 1 heterocycles. The maximum Gasteiger partial charge on any atom is 0.376 e. The van der Waals surface area contributed by atoms with Gasteiger partial charge in [-0.15, -0.1) is 0 Å². The Hall–Kier alpha value is -2.84. The molecular weight excluding hydrogens is 332 g/mol. The van der Waals surface area contributed by atoms with Crippen molar-refractivity contribution in [2.75, 3.05) is 17.7 Å². The van der Waals surface area contributed by atoms with Crippen LogP contribution in [0.1, 0.15) is 36.3 Å². The maximum absolute atomic E-state index is 13.3. The zero-order valence-electron chi connectivity index (χ0n) is 13.6. The Morgan fingerprint density at radius 3 is 2.36 bits per heavy atom. The fourth-order valence-corrected chi connectivity index (χ4v) is 2.69. The molecule has 7 nitrogen and oxygen atoms in total. The Kier molecular flexibility index (Phi) is 5.01. The number of nitrogens with one attached hydrogen (secondary N) is 2. The van der Waals surface area contributed by atoms with Crippen molar-refractivity contribution in [3.63, 3.8) is 0 Å². The zero-order chi connectivity index (χ0) is 17.8. The lowest BCUT2D eigenvalue weighted by Gasteiger charge is -2.13. The molecule has 0 amide bonds. The predicted octanol–water partition coefficient (Wildman–Crippen LogP) is 3.03. The van der Waals surface area contributed by atoms with Gasteiger partial charge in [0.05, 0.1) is 7.11 Å². The van der Waals surface area contributed by atoms with Gasteiger partial charge in [0.1, 0.15) is 11.6 Å². The van der Waals surface area contributed by atoms with Crippen LogP contribution in [-0.2, 0) is 4.74 Å². The van der Waals surface area contributed by atoms with E-state index in [0.29, 0.717) is 0 Å². The number of carbonyl (C=O) groups is 1. The number of carbonyl (C=O) groups excluding carboxylic acids is 1. The Balaban J connectivity index is 1.89. The molecule has 25 heavy (non-hydrogen) atoms. The van der Waals surface area contributed by atoms with E-state index in [-0.39, 0.29) is 29.5 Å². The summed E-state index contributed by atoms with van der Waals surface area (Å²) in [5.41, 5.74) is 0.117. The SMILES string of the molecule is COC(=O)c1nc(Nc2cc(F)cc(F)c2)nc(NC2CCCC2)n1. The first-order chi connectivity index (χ1) is 12.0. The van der Waals surface area contributed by atoms with E-state index in [2.05, 4.69) is 30.3 Å². The van der Waals surface area contributed by atoms with E-state index in [0.717, 1.165) is 43.9 Å². The number of halogens is 2. The molecule has 0 saturated heterocycles. The molecule has 0 aliphatic heterocycles. The normalized spacial score (nSPS) is 14.4. The zero-order valence-corrected chi connectivity index (χ0v) is 13.6. The Bertz CT molecular complexity index is 761. The van der Waals surface area contributed by atoms with Gasteiger partial charge in [-0.1, -0.05) is 12.8 Å². The molecule has 132 valence electrons. The first-order valence-electron chi connectivity index (χ1n) is 7.87. The molecule has 9 heteroatoms. The lowest BCUT2D eigenvalue weighted by molar-refractivity contribution is 0.0586. The van der Waals surface area contributed by atoms with Gasteiger partial charge in [0.15, 0.2) is 0 Å². The standard InChI is InChI=1S/C16H17F2N5O2/c1-25-14(24)13-21-15(19-11-4-2-3-5-11)23-16(22-13)20-12-7-9(17)6-10(18)8-12/h6-8,11H,2-5H2,1H3,(H2,19,20,21,22,23). The maximum atomic E-state index is 13.3. The highest BCUT2D eigenvalue weighted by molar-refractivity contribution is 5.85. The second kappa shape index (κ2) is 7.37. The van der Waals surface area contributed by atoms with Gasteiger partial charge in [-0.2, -0.15) is 15.0 Å². The van der Waals surface area contributed by atoms with E-state index < -0.39 is 17.6 Å². The van der Waals surface area contributed by atoms with E-state index in [1.807, 2.05) is 0 Å². The molecule has 0 unspecified atom stereocenters. The second-order valence-corrected chi connectivity index (χ2v) is 5.71. The van der Waals surface area contributed by atoms with Crippen LogP contribution < -0.4 is 10.6 Å². The number of anilines is 3. The summed E-state index contributed by atoms with van der Waals surface area (Å²) in [6, 6.07) is 3.15. The van der Waals surface area contributed by atoms with Gasteiger partial charge in [-0.05, 0) is 25.0 Å². The van der Waals surface area contributed by atoms with E-state index in [1.165, 1.54) is 7.11 Å². The van der Waals surface area contributed by atoms with Crippen molar-refractivity contribution in [1.82, 2.24) is 15.0 Å². The summed E-state index contributed by atoms with van der Waals surface area (Å²) >= 11 is 0. The van der Waals surface area contributed by atoms with Crippen LogP contribution >= 0.6 is 0 Å². The van der Waals surface area contributed by atoms with Crippen molar-refractivity contribution < 1.29 is 18.3 Å². The number of rotatable bonds is 5. The van der Waals surface area contributed by atoms with Crippen LogP contribution in [0.15, 0.2) is 18.2 Å². The van der Waals surface area contributed by atoms with Gasteiger partial charge in [-0.3, -0.25) is 0 Å². The highest BCUT2D eigenvalue weighted by Gasteiger charge is 2.19. The summed E-state index contributed by atoms with van der Waals surface area (Å²) in [6.45, 7) is 0. The third-order valence-electron chi connectivity index (χ3n) is 3.81. The largest absolute Gasteiger partial charge is 0.463 e. The van der Waals surface area contributed by atoms with Gasteiger partial charge in [0.2, 0.25) is 17.7 Å². The summed E-state index contributed by atoms with van der Waals surface area (Å²) in [5, 5.41) is 5.83. The minimum atomic E-state index is -0.742. The van der Waals surface area contributed by atoms with Gasteiger partial charge < -0.3 is 15.4 Å². The first-order valence-corrected chi connectivity index (χ1v) is 7.87. The van der Waals surface area contributed by atoms with Crippen LogP contribution in [0.3, 0.4) is 0 Å². The molecule has 1 saturated carbocycles. The van der Waals surface area contributed by atoms with E-state index in [4.69, 9.17) is 0 Å². The summed E-state index contributed by atoms with van der Waals surface area (Å²) in [4.78, 5) is 23.9. The highest BCUT2D eigenvalue weighted by atomic mass is 19.1. The van der Waals surface area contributed by atoms with Gasteiger partial charge in [-0.25, -0.2) is 13.6 Å². The molecule has 0 spiro atoms. The average Bonchev–Trinajstić information content (AvgIpc) is 3.05. The van der Waals surface area contributed by atoms with Crippen molar-refractivity contribution in [3.05, 3.63) is 35.7 Å². The fourth-order valence-electron chi connectivity index (χ4n) is 2.69. The molecule has 0 atom stereocenters. The number of methoxy groups -OCH3 is 1. The van der Waals surface area contributed by atoms with Crippen molar-refractivity contribution in [1.29, 1.82) is 0 Å². The third kappa shape index (κ3) is 4.37. The molecule has 0 bridgehead atoms. The fraction of sp³-hybridized carbons (Fsp3) is 0.375. The number of aromatic nitrogens is 3. The Morgan fingerprint density at radius 2 is 1.72 bits per heavy atom. The molecule has 2 aromatic rings. The van der Waals surface area contributed by atoms with Crippen molar-refractivity contribution in [3.8, 4) is 0 Å². The molecule has 1 aromatic heterocycles. The molecule has 1 aliphatic carbocycles. The van der Waals surface area contributed by atoms with Crippen LogP contribution in [0.2, 0.25) is 0 Å². The predicted molar refractivity (Wildman–Crippen MR) is 86.7 cm³/mol. The molecule has 1 fully saturated rings. The Morgan fingerprint density at radius 1 is 1.08 bits per heavy atom. The molecule has 0 radical (unpaired) electrons. The smallest absolute Gasteiger partial charge is 0.376 e. The van der Waals surface area contributed by atoms with Crippen molar-refractivity contribution >= 4 is 23.6 Å². The van der Waals surface area contributed by atoms with Crippen LogP contribution in [0.25, 0.3) is 0 Å². The number of hydrogen-bond donors (Lipinski definition) is 2. The minimum absolute atomic E-state index is 0.0131. The van der Waals surface area contributed by atoms with Crippen LogP contribution in [0.5, 0.6) is 0 Å². The number of hydrogen-bond acceptors (Lipinski definition) is 7. The summed E-state index contributed by atoms with van der Waals surface area (Å²) in [5.74, 6) is -2.21. The Labute approximate surface area is 142 Å². The van der Waals surface area contributed by atoms with Crippen LogP contribution in [-0.4, -0.2) is 34.1 Å².